The van der Waals surface area contributed by atoms with E-state index in [0.29, 0.717) is 14.9 Å². The Morgan fingerprint density at radius 3 is 2.67 bits per heavy atom. The van der Waals surface area contributed by atoms with E-state index in [1.165, 1.54) is 52.6 Å². The number of carbonyl (C=O) groups excluding carboxylic acids is 1. The first-order valence-corrected chi connectivity index (χ1v) is 10.7. The van der Waals surface area contributed by atoms with Crippen LogP contribution in [0.15, 0.2) is 65.7 Å². The second kappa shape index (κ2) is 9.20. The fourth-order valence-electron chi connectivity index (χ4n) is 3.05. The molecule has 4 rings (SSSR count). The van der Waals surface area contributed by atoms with Gasteiger partial charge in [-0.1, -0.05) is 22.9 Å². The zero-order chi connectivity index (χ0) is 23.6. The molecule has 0 fully saturated rings. The third-order valence-corrected chi connectivity index (χ3v) is 5.79. The minimum Gasteiger partial charge on any atom is -0.403 e. The van der Waals surface area contributed by atoms with Crippen LogP contribution >= 0.6 is 22.9 Å². The Kier molecular flexibility index (Phi) is 6.34. The molecule has 7 nitrogen and oxygen atoms in total. The van der Waals surface area contributed by atoms with Crippen LogP contribution in [0.3, 0.4) is 0 Å². The minimum absolute atomic E-state index is 0.0322. The Labute approximate surface area is 193 Å². The summed E-state index contributed by atoms with van der Waals surface area (Å²) in [5.41, 5.74) is 0.148. The Balaban J connectivity index is 1.60. The number of ether oxygens (including phenoxy) is 1. The van der Waals surface area contributed by atoms with Crippen LogP contribution in [0.25, 0.3) is 11.4 Å². The van der Waals surface area contributed by atoms with Gasteiger partial charge in [0.1, 0.15) is 5.69 Å². The van der Waals surface area contributed by atoms with Gasteiger partial charge in [-0.25, -0.2) is 4.68 Å². The summed E-state index contributed by atoms with van der Waals surface area (Å²) < 4.78 is 46.1. The number of aromatic nitrogens is 4. The van der Waals surface area contributed by atoms with Gasteiger partial charge < -0.3 is 4.74 Å². The quantitative estimate of drug-likeness (QED) is 0.343. The summed E-state index contributed by atoms with van der Waals surface area (Å²) in [5.74, 6) is -0.684. The molecular weight excluding hydrogens is 481 g/mol. The van der Waals surface area contributed by atoms with Gasteiger partial charge in [-0.2, -0.15) is 0 Å². The van der Waals surface area contributed by atoms with Crippen LogP contribution in [0.4, 0.5) is 13.2 Å². The summed E-state index contributed by atoms with van der Waals surface area (Å²) in [4.78, 5) is 24.8. The van der Waals surface area contributed by atoms with E-state index in [9.17, 15) is 22.8 Å². The maximum absolute atomic E-state index is 13.0. The highest BCUT2D eigenvalue weighted by atomic mass is 35.5. The lowest BCUT2D eigenvalue weighted by Crippen LogP contribution is -2.20. The molecule has 0 radical (unpaired) electrons. The summed E-state index contributed by atoms with van der Waals surface area (Å²) in [7, 11) is 0. The summed E-state index contributed by atoms with van der Waals surface area (Å²) in [5, 5.41) is 7.81. The largest absolute Gasteiger partial charge is 0.573 e. The number of ketones is 1. The van der Waals surface area contributed by atoms with Crippen molar-refractivity contribution < 1.29 is 22.7 Å². The molecule has 0 spiro atoms. The summed E-state index contributed by atoms with van der Waals surface area (Å²) >= 11 is 7.01. The second-order valence-corrected chi connectivity index (χ2v) is 8.51. The Bertz CT molecular complexity index is 1360. The van der Waals surface area contributed by atoms with Crippen molar-refractivity contribution in [2.45, 2.75) is 19.2 Å². The van der Waals surface area contributed by atoms with Crippen molar-refractivity contribution in [3.63, 3.8) is 0 Å². The van der Waals surface area contributed by atoms with Crippen LogP contribution in [0.5, 0.6) is 5.75 Å². The van der Waals surface area contributed by atoms with Gasteiger partial charge in [0.05, 0.1) is 26.8 Å². The fourth-order valence-corrected chi connectivity index (χ4v) is 4.06. The summed E-state index contributed by atoms with van der Waals surface area (Å²) in [6.45, 7) is 0. The average molecular weight is 495 g/mol. The number of hydrogen-bond acceptors (Lipinski definition) is 6. The highest BCUT2D eigenvalue weighted by Crippen LogP contribution is 2.31. The molecule has 0 unspecified atom stereocenters. The smallest absolute Gasteiger partial charge is 0.403 e. The standard InChI is InChI=1S/C21H14ClF3N4O3S/c22-19-9-8-18(33-19)16(30)7-4-13-12-29(27-26-13)15-6-5-14(11-17(15)32-21(23,24)25)28-10-2-1-3-20(28)31/h1-3,5-6,8-12H,4,7H2. The lowest BCUT2D eigenvalue weighted by Gasteiger charge is -2.15. The lowest BCUT2D eigenvalue weighted by molar-refractivity contribution is -0.274. The van der Waals surface area contributed by atoms with E-state index in [0.717, 1.165) is 10.7 Å². The molecule has 0 bridgehead atoms. The SMILES string of the molecule is O=C(CCc1cn(-c2ccc(-n3ccccc3=O)cc2OC(F)(F)F)nn1)c1ccc(Cl)s1. The molecule has 3 aromatic heterocycles. The lowest BCUT2D eigenvalue weighted by atomic mass is 10.1. The second-order valence-electron chi connectivity index (χ2n) is 6.79. The molecule has 170 valence electrons. The topological polar surface area (TPSA) is 79.0 Å². The number of Topliss-reactive ketones (excluding diaryl/α,β-unsaturated/α-hetero) is 1. The summed E-state index contributed by atoms with van der Waals surface area (Å²) in [6.07, 6.45) is -1.74. The average Bonchev–Trinajstić information content (AvgIpc) is 3.40. The molecule has 0 saturated carbocycles. The predicted molar refractivity (Wildman–Crippen MR) is 116 cm³/mol. The number of carbonyl (C=O) groups is 1. The van der Waals surface area contributed by atoms with E-state index in [2.05, 4.69) is 15.0 Å². The number of halogens is 4. The van der Waals surface area contributed by atoms with Gasteiger partial charge in [0, 0.05) is 31.2 Å². The number of rotatable bonds is 7. The van der Waals surface area contributed by atoms with Crippen molar-refractivity contribution in [2.24, 2.45) is 0 Å². The molecule has 0 aliphatic rings. The van der Waals surface area contributed by atoms with Gasteiger partial charge in [-0.05, 0) is 30.3 Å². The molecule has 1 aromatic carbocycles. The van der Waals surface area contributed by atoms with Gasteiger partial charge in [-0.3, -0.25) is 14.2 Å². The van der Waals surface area contributed by atoms with Crippen LogP contribution < -0.4 is 10.3 Å². The number of pyridine rings is 1. The van der Waals surface area contributed by atoms with Gasteiger partial charge in [0.2, 0.25) is 0 Å². The Hall–Kier alpha value is -3.44. The van der Waals surface area contributed by atoms with Gasteiger partial charge in [0.25, 0.3) is 5.56 Å². The fraction of sp³-hybridized carbons (Fsp3) is 0.143. The maximum Gasteiger partial charge on any atom is 0.573 e. The minimum atomic E-state index is -4.97. The van der Waals surface area contributed by atoms with Crippen molar-refractivity contribution >= 4 is 28.7 Å². The molecule has 0 aliphatic carbocycles. The van der Waals surface area contributed by atoms with Crippen LogP contribution in [-0.4, -0.2) is 31.7 Å². The van der Waals surface area contributed by atoms with Crippen molar-refractivity contribution in [1.82, 2.24) is 19.6 Å². The molecule has 0 atom stereocenters. The van der Waals surface area contributed by atoms with E-state index in [1.54, 1.807) is 18.2 Å². The number of aryl methyl sites for hydroxylation is 1. The zero-order valence-corrected chi connectivity index (χ0v) is 18.2. The molecule has 3 heterocycles. The zero-order valence-electron chi connectivity index (χ0n) is 16.6. The first-order valence-electron chi connectivity index (χ1n) is 9.47. The van der Waals surface area contributed by atoms with Crippen LogP contribution in [0, 0.1) is 0 Å². The van der Waals surface area contributed by atoms with Crippen LogP contribution in [-0.2, 0) is 6.42 Å². The van der Waals surface area contributed by atoms with E-state index < -0.39 is 17.7 Å². The number of thiophene rings is 1. The normalized spacial score (nSPS) is 11.5. The van der Waals surface area contributed by atoms with E-state index in [4.69, 9.17) is 11.6 Å². The third-order valence-electron chi connectivity index (χ3n) is 4.51. The van der Waals surface area contributed by atoms with Crippen molar-refractivity contribution in [3.05, 3.63) is 86.2 Å². The van der Waals surface area contributed by atoms with Crippen molar-refractivity contribution in [3.8, 4) is 17.1 Å². The van der Waals surface area contributed by atoms with Crippen molar-refractivity contribution in [2.75, 3.05) is 0 Å². The van der Waals surface area contributed by atoms with E-state index in [-0.39, 0.29) is 30.0 Å². The first kappa shape index (κ1) is 22.7. The third kappa shape index (κ3) is 5.49. The first-order chi connectivity index (χ1) is 15.7. The molecule has 0 amide bonds. The van der Waals surface area contributed by atoms with Gasteiger partial charge >= 0.3 is 6.36 Å². The van der Waals surface area contributed by atoms with Crippen molar-refractivity contribution in [1.29, 1.82) is 0 Å². The Morgan fingerprint density at radius 1 is 1.15 bits per heavy atom. The summed E-state index contributed by atoms with van der Waals surface area (Å²) in [6, 6.07) is 11.5. The Morgan fingerprint density at radius 2 is 1.97 bits per heavy atom. The monoisotopic (exact) mass is 494 g/mol. The molecular formula is C21H14ClF3N4O3S. The number of alkyl halides is 3. The van der Waals surface area contributed by atoms with Crippen LogP contribution in [0.1, 0.15) is 21.8 Å². The maximum atomic E-state index is 13.0. The molecule has 0 aliphatic heterocycles. The number of nitrogens with zero attached hydrogens (tertiary/aromatic N) is 4. The highest BCUT2D eigenvalue weighted by Gasteiger charge is 2.33. The number of hydrogen-bond donors (Lipinski definition) is 0. The predicted octanol–water partition coefficient (Wildman–Crippen LogP) is 4.85. The molecule has 4 aromatic rings. The van der Waals surface area contributed by atoms with E-state index in [1.807, 2.05) is 0 Å². The molecule has 0 saturated heterocycles. The van der Waals surface area contributed by atoms with Gasteiger partial charge in [-0.15, -0.1) is 29.6 Å². The van der Waals surface area contributed by atoms with E-state index >= 15 is 0 Å². The molecule has 33 heavy (non-hydrogen) atoms. The van der Waals surface area contributed by atoms with Gasteiger partial charge in [0.15, 0.2) is 11.5 Å². The highest BCUT2D eigenvalue weighted by molar-refractivity contribution is 7.18. The molecule has 12 heteroatoms. The molecule has 0 N–H and O–H groups in total. The van der Waals surface area contributed by atoms with Crippen LogP contribution in [0.2, 0.25) is 4.34 Å². The number of benzene rings is 1.